The number of ether oxygens (including phenoxy) is 3. The fourth-order valence-electron chi connectivity index (χ4n) is 10.7. The molecule has 27 nitrogen and oxygen atoms in total. The van der Waals surface area contributed by atoms with Gasteiger partial charge in [-0.2, -0.15) is 0 Å². The number of carbonyl (C=O) groups is 9. The first kappa shape index (κ1) is 68.7. The second-order valence-corrected chi connectivity index (χ2v) is 29.1. The maximum absolute atomic E-state index is 15.8. The zero-order valence-corrected chi connectivity index (χ0v) is 57.4. The van der Waals surface area contributed by atoms with Gasteiger partial charge in [0.05, 0.1) is 30.7 Å². The fourth-order valence-corrected chi connectivity index (χ4v) is 16.0. The minimum atomic E-state index is -1.46. The zero-order valence-electron chi connectivity index (χ0n) is 52.5. The van der Waals surface area contributed by atoms with Crippen LogP contribution in [0.2, 0.25) is 0 Å². The van der Waals surface area contributed by atoms with Crippen molar-refractivity contribution in [3.8, 4) is 49.1 Å². The Morgan fingerprint density at radius 2 is 1.35 bits per heavy atom. The lowest BCUT2D eigenvalue weighted by atomic mass is 10.00. The van der Waals surface area contributed by atoms with Crippen LogP contribution >= 0.6 is 68.0 Å². The van der Waals surface area contributed by atoms with Gasteiger partial charge in [0.25, 0.3) is 23.6 Å². The number of carbonyl (C=O) groups excluding carboxylic acids is 9. The molecule has 9 heterocycles. The smallest absolute Gasteiger partial charge is 0.407 e. The second-order valence-electron chi connectivity index (χ2n) is 23.5. The number of hydrogen-bond acceptors (Lipinski definition) is 26. The highest BCUT2D eigenvalue weighted by Gasteiger charge is 2.48. The molecule has 0 unspecified atom stereocenters. The molecule has 0 saturated carbocycles. The second kappa shape index (κ2) is 29.4. The molecule has 1 saturated heterocycles. The molecule has 0 spiro atoms. The molecule has 7 aromatic heterocycles. The van der Waals surface area contributed by atoms with Gasteiger partial charge in [-0.25, -0.2) is 39.7 Å². The van der Waals surface area contributed by atoms with Crippen molar-refractivity contribution >= 4 is 121 Å². The molecule has 0 radical (unpaired) electrons. The number of nitrogens with two attached hydrogens (primary N) is 2. The van der Waals surface area contributed by atoms with Crippen molar-refractivity contribution in [3.05, 3.63) is 147 Å². The van der Waals surface area contributed by atoms with Crippen molar-refractivity contribution in [1.82, 2.24) is 61.1 Å². The summed E-state index contributed by atoms with van der Waals surface area (Å²) >= 11 is 6.69. The van der Waals surface area contributed by atoms with Crippen LogP contribution in [-0.2, 0) is 35.1 Å². The number of amides is 7. The number of fused-ring (bicyclic) bond motifs is 16. The molecule has 7 atom stereocenters. The molecule has 11 rings (SSSR count). The van der Waals surface area contributed by atoms with E-state index < -0.39 is 108 Å². The Morgan fingerprint density at radius 3 is 2.06 bits per heavy atom. The first-order chi connectivity index (χ1) is 46.3. The van der Waals surface area contributed by atoms with Gasteiger partial charge in [-0.15, -0.1) is 68.0 Å². The first-order valence-corrected chi connectivity index (χ1v) is 35.3. The van der Waals surface area contributed by atoms with Gasteiger partial charge in [-0.1, -0.05) is 49.4 Å². The van der Waals surface area contributed by atoms with E-state index in [1.165, 1.54) is 50.6 Å². The normalized spacial score (nSPS) is 18.6. The number of aryl methyl sites for hydroxylation is 1. The molecule has 10 bridgehead atoms. The average Bonchev–Trinajstić information content (AvgIpc) is 1.65. The molecule has 502 valence electrons. The summed E-state index contributed by atoms with van der Waals surface area (Å²) in [5.74, 6) is -5.85. The topological polar surface area (TPSA) is 395 Å². The standard InChI is InChI=1S/C64H62N14O13S6/c1-29-44(90-63(88)67-20-10-13-46(81)91-64(4,5)6)23-78-50(29)61-75-43(28-96-61)58-71-39(24-93-58)48-35(18-19-36(68-48)57-72-40(25-94-57)52(66)83)56-73-41(26-92-56)53(84)69-37(22-45(65)80)59-77-47(30(2)97-59)55(86)76-49(51(82)33-11-8-7-9-12-33)60-74-42(27-95-60)54(85)70-38(62(78)87)21-32-14-16-34(17-15-32)89-31(3)79/h7-9,11-12,14-19,24-29,37-38,44,49-51,82H,10,13,20-23H2,1-6H3,(H2,65,80)(H2,66,83)(H,67,88)(H,69,84)(H,70,85)(H,76,86)/t29-,37-,38-,44-,49-,50-,51+/m0/s1. The van der Waals surface area contributed by atoms with E-state index in [2.05, 4.69) is 36.2 Å². The van der Waals surface area contributed by atoms with Crippen LogP contribution in [0.1, 0.15) is 151 Å². The quantitative estimate of drug-likeness (QED) is 0.0305. The summed E-state index contributed by atoms with van der Waals surface area (Å²) in [6, 6.07) is 13.4. The third-order valence-electron chi connectivity index (χ3n) is 15.2. The van der Waals surface area contributed by atoms with Crippen LogP contribution in [0.3, 0.4) is 0 Å². The summed E-state index contributed by atoms with van der Waals surface area (Å²) in [5, 5.41) is 33.2. The van der Waals surface area contributed by atoms with E-state index in [9.17, 15) is 43.5 Å². The highest BCUT2D eigenvalue weighted by atomic mass is 32.1. The van der Waals surface area contributed by atoms with Gasteiger partial charge in [0.15, 0.2) is 0 Å². The number of aliphatic hydroxyl groups excluding tert-OH is 1. The largest absolute Gasteiger partial charge is 0.460 e. The zero-order chi connectivity index (χ0) is 69.0. The minimum absolute atomic E-state index is 0.0295. The summed E-state index contributed by atoms with van der Waals surface area (Å²) in [4.78, 5) is 158. The van der Waals surface area contributed by atoms with Gasteiger partial charge < -0.3 is 57.0 Å². The van der Waals surface area contributed by atoms with Crippen molar-refractivity contribution in [1.29, 1.82) is 0 Å². The van der Waals surface area contributed by atoms with E-state index in [4.69, 9.17) is 45.6 Å². The number of aromatic nitrogens is 7. The van der Waals surface area contributed by atoms with E-state index in [-0.39, 0.29) is 70.9 Å². The number of thiazole rings is 6. The number of aliphatic hydroxyl groups is 1. The number of alkyl carbamates (subject to hydrolysis) is 1. The molecular formula is C64H62N14O13S6. The van der Waals surface area contributed by atoms with Gasteiger partial charge >= 0.3 is 18.0 Å². The van der Waals surface area contributed by atoms with Gasteiger partial charge in [-0.3, -0.25) is 38.4 Å². The summed E-state index contributed by atoms with van der Waals surface area (Å²) in [5.41, 5.74) is 13.1. The molecule has 0 aliphatic carbocycles. The Kier molecular flexibility index (Phi) is 20.8. The minimum Gasteiger partial charge on any atom is -0.460 e. The summed E-state index contributed by atoms with van der Waals surface area (Å²) < 4.78 is 16.8. The van der Waals surface area contributed by atoms with Crippen molar-refractivity contribution in [3.63, 3.8) is 0 Å². The van der Waals surface area contributed by atoms with Gasteiger partial charge in [0.2, 0.25) is 11.8 Å². The average molecular weight is 1430 g/mol. The molecule has 2 aromatic carbocycles. The number of rotatable bonds is 14. The van der Waals surface area contributed by atoms with Crippen molar-refractivity contribution in [2.75, 3.05) is 13.1 Å². The molecule has 2 aliphatic rings. The molecule has 97 heavy (non-hydrogen) atoms. The number of pyridine rings is 1. The lowest BCUT2D eigenvalue weighted by Crippen LogP contribution is -2.50. The molecule has 9 N–H and O–H groups in total. The summed E-state index contributed by atoms with van der Waals surface area (Å²) in [7, 11) is 0. The van der Waals surface area contributed by atoms with Crippen molar-refractivity contribution in [2.45, 2.75) is 109 Å². The first-order valence-electron chi connectivity index (χ1n) is 30.1. The fraction of sp³-hybridized carbons (Fsp3) is 0.312. The number of nitrogens with zero attached hydrogens (tertiary/aromatic N) is 8. The Balaban J connectivity index is 1.01. The van der Waals surface area contributed by atoms with E-state index in [0.29, 0.717) is 64.4 Å². The lowest BCUT2D eigenvalue weighted by Gasteiger charge is -2.29. The maximum Gasteiger partial charge on any atom is 0.407 e. The number of benzene rings is 2. The van der Waals surface area contributed by atoms with Gasteiger partial charge in [0, 0.05) is 69.6 Å². The Hall–Kier alpha value is -9.64. The monoisotopic (exact) mass is 1430 g/mol. The van der Waals surface area contributed by atoms with Crippen LogP contribution < -0.4 is 37.5 Å². The summed E-state index contributed by atoms with van der Waals surface area (Å²) in [6.07, 6.45) is -3.51. The highest BCUT2D eigenvalue weighted by Crippen LogP contribution is 2.44. The molecular weight excluding hydrogens is 1370 g/mol. The van der Waals surface area contributed by atoms with Crippen molar-refractivity contribution < 1.29 is 62.5 Å². The Labute approximate surface area is 577 Å². The van der Waals surface area contributed by atoms with Crippen LogP contribution in [0.4, 0.5) is 4.79 Å². The highest BCUT2D eigenvalue weighted by molar-refractivity contribution is 7.15. The number of hydrogen-bond donors (Lipinski definition) is 7. The van der Waals surface area contributed by atoms with Crippen LogP contribution in [0.25, 0.3) is 43.4 Å². The SMILES string of the molecule is CC(=O)Oc1ccc(C[C@@H]2NC(=O)c3csc(n3)[C@H]([C@H](O)c3ccccc3)NC(=O)c3nc(sc3C)[C@H](CC(N)=O)NC(=O)c3csc(n3)-c3ccc(-c4nc(C(N)=O)cs4)nc3-c3csc(n3)-c3csc(n3)[C@@H]3[C@@H](C)[C@@H](OC(=O)NCCCC(=O)OC(C)(C)C)CN3C2=O)cc1. The molecule has 7 amide bonds. The van der Waals surface area contributed by atoms with Crippen molar-refractivity contribution in [2.24, 2.45) is 17.4 Å². The van der Waals surface area contributed by atoms with E-state index >= 15 is 4.79 Å². The van der Waals surface area contributed by atoms with E-state index in [0.717, 1.165) is 45.3 Å². The van der Waals surface area contributed by atoms with E-state index in [1.807, 2.05) is 0 Å². The van der Waals surface area contributed by atoms with Gasteiger partial charge in [-0.05, 0) is 69.5 Å². The molecule has 1 fully saturated rings. The number of nitrogens with one attached hydrogen (secondary N) is 4. The summed E-state index contributed by atoms with van der Waals surface area (Å²) in [6.45, 7) is 9.83. The Morgan fingerprint density at radius 1 is 0.701 bits per heavy atom. The molecule has 33 heteroatoms. The van der Waals surface area contributed by atoms with Crippen LogP contribution in [0, 0.1) is 12.8 Å². The molecule has 9 aromatic rings. The lowest BCUT2D eigenvalue weighted by molar-refractivity contribution is -0.155. The predicted octanol–water partition coefficient (Wildman–Crippen LogP) is 8.46. The van der Waals surface area contributed by atoms with Gasteiger partial charge in [0.1, 0.15) is 106 Å². The third-order valence-corrected chi connectivity index (χ3v) is 20.7. The van der Waals surface area contributed by atoms with E-state index in [1.54, 1.807) is 112 Å². The maximum atomic E-state index is 15.8. The third kappa shape index (κ3) is 16.3. The predicted molar refractivity (Wildman–Crippen MR) is 361 cm³/mol. The number of primary amides is 2. The number of esters is 2. The van der Waals surface area contributed by atoms with Crippen LogP contribution in [0.15, 0.2) is 93.6 Å². The van der Waals surface area contributed by atoms with Crippen LogP contribution in [0.5, 0.6) is 5.75 Å². The van der Waals surface area contributed by atoms with Crippen LogP contribution in [-0.4, -0.2) is 129 Å². The molecule has 2 aliphatic heterocycles. The Bertz CT molecular complexity index is 4480.